The van der Waals surface area contributed by atoms with E-state index in [-0.39, 0.29) is 17.6 Å². The van der Waals surface area contributed by atoms with E-state index in [1.165, 1.54) is 0 Å². The first-order chi connectivity index (χ1) is 19.9. The molecule has 6 nitrogen and oxygen atoms in total. The van der Waals surface area contributed by atoms with Crippen LogP contribution >= 0.6 is 27.5 Å². The highest BCUT2D eigenvalue weighted by atomic mass is 79.9. The van der Waals surface area contributed by atoms with E-state index in [2.05, 4.69) is 26.6 Å². The molecule has 0 saturated carbocycles. The maximum atomic E-state index is 14.7. The van der Waals surface area contributed by atoms with Gasteiger partial charge in [0.25, 0.3) is 0 Å². The van der Waals surface area contributed by atoms with Crippen molar-refractivity contribution in [1.29, 1.82) is 0 Å². The fraction of sp³-hybridized carbons (Fsp3) is 0.121. The second kappa shape index (κ2) is 9.72. The monoisotopic (exact) mass is 623 g/mol. The van der Waals surface area contributed by atoms with Gasteiger partial charge in [0.05, 0.1) is 12.0 Å². The van der Waals surface area contributed by atoms with Crippen molar-refractivity contribution in [3.8, 4) is 0 Å². The quantitative estimate of drug-likeness (QED) is 0.247. The van der Waals surface area contributed by atoms with Gasteiger partial charge in [-0.15, -0.1) is 0 Å². The summed E-state index contributed by atoms with van der Waals surface area (Å²) in [6.07, 6.45) is 3.94. The van der Waals surface area contributed by atoms with Crippen LogP contribution in [0.3, 0.4) is 0 Å². The second-order valence-corrected chi connectivity index (χ2v) is 11.8. The average Bonchev–Trinajstić information content (AvgIpc) is 3.47. The van der Waals surface area contributed by atoms with E-state index < -0.39 is 23.4 Å². The molecule has 3 heterocycles. The van der Waals surface area contributed by atoms with Crippen molar-refractivity contribution in [3.05, 3.63) is 129 Å². The number of nitrogens with zero attached hydrogens (tertiary/aromatic N) is 1. The molecule has 0 unspecified atom stereocenters. The Labute approximate surface area is 250 Å². The van der Waals surface area contributed by atoms with Crippen molar-refractivity contribution in [1.82, 2.24) is 0 Å². The average molecular weight is 625 g/mol. The summed E-state index contributed by atoms with van der Waals surface area (Å²) in [5, 5.41) is 6.60. The van der Waals surface area contributed by atoms with Gasteiger partial charge in [-0.25, -0.2) is 0 Å². The number of hydrogen-bond donors (Lipinski definition) is 2. The molecule has 1 saturated heterocycles. The van der Waals surface area contributed by atoms with Crippen molar-refractivity contribution in [2.75, 3.05) is 15.5 Å². The highest BCUT2D eigenvalue weighted by Gasteiger charge is 2.70. The molecule has 4 atom stereocenters. The first-order valence-corrected chi connectivity index (χ1v) is 14.4. The summed E-state index contributed by atoms with van der Waals surface area (Å²) >= 11 is 9.54. The Morgan fingerprint density at radius 3 is 2.39 bits per heavy atom. The van der Waals surface area contributed by atoms with E-state index in [4.69, 9.17) is 11.6 Å². The third kappa shape index (κ3) is 3.87. The smallest absolute Gasteiger partial charge is 0.247 e. The van der Waals surface area contributed by atoms with Crippen LogP contribution < -0.4 is 15.5 Å². The fourth-order valence-corrected chi connectivity index (χ4v) is 7.05. The zero-order valence-electron chi connectivity index (χ0n) is 21.6. The van der Waals surface area contributed by atoms with Gasteiger partial charge in [0, 0.05) is 32.1 Å². The molecule has 41 heavy (non-hydrogen) atoms. The SMILES string of the molecule is O=C(Nc1ccc(Cl)cc1)[C@@H]1[C@@H](C(=O)c2ccc(Br)cc2)[C@@]2(C(=O)Nc3ccccc32)[C@H]2C=Cc3ccccc3N12. The minimum absolute atomic E-state index is 0.277. The molecule has 1 spiro atoms. The number of rotatable bonds is 4. The van der Waals surface area contributed by atoms with Crippen LogP contribution in [0.5, 0.6) is 0 Å². The number of ketones is 1. The number of fused-ring (bicyclic) bond motifs is 6. The Balaban J connectivity index is 1.48. The van der Waals surface area contributed by atoms with Gasteiger partial charge >= 0.3 is 0 Å². The molecule has 0 radical (unpaired) electrons. The number of carbonyl (C=O) groups is 3. The summed E-state index contributed by atoms with van der Waals surface area (Å²) < 4.78 is 0.824. The van der Waals surface area contributed by atoms with Crippen LogP contribution in [0.25, 0.3) is 6.08 Å². The molecule has 202 valence electrons. The number of halogens is 2. The number of Topliss-reactive ketones (excluding diaryl/α,β-unsaturated/α-hetero) is 1. The maximum Gasteiger partial charge on any atom is 0.247 e. The maximum absolute atomic E-state index is 14.7. The van der Waals surface area contributed by atoms with Gasteiger partial charge < -0.3 is 15.5 Å². The lowest BCUT2D eigenvalue weighted by molar-refractivity contribution is -0.122. The van der Waals surface area contributed by atoms with Gasteiger partial charge in [0.1, 0.15) is 11.5 Å². The second-order valence-electron chi connectivity index (χ2n) is 10.4. The Kier molecular flexibility index (Phi) is 6.10. The standard InChI is InChI=1S/C33H23BrClN3O3/c34-21-12-9-20(10-13-21)30(39)28-29(31(40)36-23-16-14-22(35)15-17-23)38-26-8-4-1-5-19(26)11-18-27(38)33(28)24-6-2-3-7-25(24)37-32(33)41/h1-18,27-29H,(H,36,40)(H,37,41)/t27-,28+,29+,33+/m1/s1. The van der Waals surface area contributed by atoms with Gasteiger partial charge in [0.15, 0.2) is 5.78 Å². The molecule has 2 amide bonds. The minimum Gasteiger partial charge on any atom is -0.350 e. The molecule has 0 aromatic heterocycles. The Morgan fingerprint density at radius 2 is 1.61 bits per heavy atom. The molecular formula is C33H23BrClN3O3. The lowest BCUT2D eigenvalue weighted by atomic mass is 9.64. The summed E-state index contributed by atoms with van der Waals surface area (Å²) in [6, 6.07) is 27.5. The molecule has 7 rings (SSSR count). The number of carbonyl (C=O) groups excluding carboxylic acids is 3. The first-order valence-electron chi connectivity index (χ1n) is 13.2. The molecule has 1 fully saturated rings. The highest BCUT2D eigenvalue weighted by Crippen LogP contribution is 2.57. The minimum atomic E-state index is -1.35. The van der Waals surface area contributed by atoms with Crippen molar-refractivity contribution in [2.24, 2.45) is 5.92 Å². The van der Waals surface area contributed by atoms with E-state index in [1.54, 1.807) is 48.5 Å². The predicted octanol–water partition coefficient (Wildman–Crippen LogP) is 6.71. The fourth-order valence-electron chi connectivity index (χ4n) is 6.66. The van der Waals surface area contributed by atoms with Gasteiger partial charge in [0.2, 0.25) is 11.8 Å². The van der Waals surface area contributed by atoms with Crippen LogP contribution in [0.15, 0.2) is 108 Å². The number of nitrogens with one attached hydrogen (secondary N) is 2. The van der Waals surface area contributed by atoms with Crippen LogP contribution in [-0.4, -0.2) is 29.7 Å². The van der Waals surface area contributed by atoms with Gasteiger partial charge in [-0.3, -0.25) is 14.4 Å². The number of benzene rings is 4. The third-order valence-corrected chi connectivity index (χ3v) is 9.11. The molecule has 4 aromatic rings. The Morgan fingerprint density at radius 1 is 0.902 bits per heavy atom. The van der Waals surface area contributed by atoms with Crippen LogP contribution in [-0.2, 0) is 15.0 Å². The normalized spacial score (nSPS) is 23.5. The molecule has 4 aromatic carbocycles. The highest BCUT2D eigenvalue weighted by molar-refractivity contribution is 9.10. The molecule has 2 N–H and O–H groups in total. The third-order valence-electron chi connectivity index (χ3n) is 8.33. The molecular weight excluding hydrogens is 602 g/mol. The van der Waals surface area contributed by atoms with Crippen LogP contribution in [0.4, 0.5) is 17.1 Å². The zero-order valence-corrected chi connectivity index (χ0v) is 23.9. The van der Waals surface area contributed by atoms with Gasteiger partial charge in [-0.1, -0.05) is 88.2 Å². The predicted molar refractivity (Wildman–Crippen MR) is 164 cm³/mol. The summed E-state index contributed by atoms with van der Waals surface area (Å²) in [7, 11) is 0. The van der Waals surface area contributed by atoms with Crippen molar-refractivity contribution in [2.45, 2.75) is 17.5 Å². The molecule has 0 bridgehead atoms. The lowest BCUT2D eigenvalue weighted by Crippen LogP contribution is -2.51. The topological polar surface area (TPSA) is 78.5 Å². The van der Waals surface area contributed by atoms with Crippen molar-refractivity contribution in [3.63, 3.8) is 0 Å². The van der Waals surface area contributed by atoms with Crippen molar-refractivity contribution < 1.29 is 14.4 Å². The number of amides is 2. The van der Waals surface area contributed by atoms with E-state index in [1.807, 2.05) is 65.6 Å². The van der Waals surface area contributed by atoms with Gasteiger partial charge in [-0.2, -0.15) is 0 Å². The summed E-state index contributed by atoms with van der Waals surface area (Å²) in [5.41, 5.74) is 2.68. The number of anilines is 3. The Hall–Kier alpha value is -4.20. The molecule has 8 heteroatoms. The van der Waals surface area contributed by atoms with Crippen LogP contribution in [0, 0.1) is 5.92 Å². The summed E-state index contributed by atoms with van der Waals surface area (Å²) in [4.78, 5) is 45.4. The summed E-state index contributed by atoms with van der Waals surface area (Å²) in [5.74, 6) is -2.00. The van der Waals surface area contributed by atoms with Crippen LogP contribution in [0.2, 0.25) is 5.02 Å². The molecule has 3 aliphatic heterocycles. The van der Waals surface area contributed by atoms with E-state index >= 15 is 0 Å². The summed E-state index contributed by atoms with van der Waals surface area (Å²) in [6.45, 7) is 0. The molecule has 0 aliphatic carbocycles. The lowest BCUT2D eigenvalue weighted by Gasteiger charge is -2.37. The Bertz CT molecular complexity index is 1750. The van der Waals surface area contributed by atoms with Gasteiger partial charge in [-0.05, 0) is 59.7 Å². The zero-order chi connectivity index (χ0) is 28.3. The van der Waals surface area contributed by atoms with E-state index in [0.717, 1.165) is 15.7 Å². The van der Waals surface area contributed by atoms with Crippen LogP contribution in [0.1, 0.15) is 21.5 Å². The van der Waals surface area contributed by atoms with Crippen molar-refractivity contribution >= 4 is 68.3 Å². The largest absolute Gasteiger partial charge is 0.350 e. The first kappa shape index (κ1) is 25.7. The van der Waals surface area contributed by atoms with E-state index in [0.29, 0.717) is 27.5 Å². The molecule has 3 aliphatic rings. The number of para-hydroxylation sites is 2. The number of hydrogen-bond acceptors (Lipinski definition) is 4. The van der Waals surface area contributed by atoms with E-state index in [9.17, 15) is 14.4 Å².